The number of carbonyl (C=O) groups excluding carboxylic acids is 1. The predicted octanol–water partition coefficient (Wildman–Crippen LogP) is 1.92. The number of carbonyl (C=O) groups is 1. The molecule has 1 saturated heterocycles. The quantitative estimate of drug-likeness (QED) is 0.844. The van der Waals surface area contributed by atoms with Crippen LogP contribution in [0.15, 0.2) is 48.5 Å². The Hall–Kier alpha value is -2.33. The lowest BCUT2D eigenvalue weighted by molar-refractivity contribution is -0.117. The van der Waals surface area contributed by atoms with Crippen molar-refractivity contribution in [3.05, 3.63) is 59.7 Å². The Labute approximate surface area is 124 Å². The van der Waals surface area contributed by atoms with Gasteiger partial charge < -0.3 is 16.4 Å². The van der Waals surface area contributed by atoms with Crippen LogP contribution in [0.5, 0.6) is 0 Å². The zero-order valence-electron chi connectivity index (χ0n) is 11.8. The molecule has 0 aliphatic carbocycles. The second-order valence-electron chi connectivity index (χ2n) is 5.55. The summed E-state index contributed by atoms with van der Waals surface area (Å²) in [5, 5.41) is 0. The number of hydrogen-bond donors (Lipinski definition) is 2. The summed E-state index contributed by atoms with van der Waals surface area (Å²) in [5.74, 6) is 0.105. The summed E-state index contributed by atoms with van der Waals surface area (Å²) < 4.78 is 0. The van der Waals surface area contributed by atoms with Crippen LogP contribution in [0.4, 0.5) is 11.4 Å². The third-order valence-electron chi connectivity index (χ3n) is 3.79. The highest BCUT2D eigenvalue weighted by atomic mass is 16.2. The molecule has 0 aromatic heterocycles. The number of nitrogen functional groups attached to an aromatic ring is 1. The maximum Gasteiger partial charge on any atom is 0.228 e. The highest BCUT2D eigenvalue weighted by Crippen LogP contribution is 2.22. The van der Waals surface area contributed by atoms with Gasteiger partial charge in [0.15, 0.2) is 0 Å². The molecule has 1 amide bonds. The molecule has 4 nitrogen and oxygen atoms in total. The molecule has 1 unspecified atom stereocenters. The zero-order valence-corrected chi connectivity index (χ0v) is 11.8. The minimum Gasteiger partial charge on any atom is -0.399 e. The Bertz CT molecular complexity index is 634. The van der Waals surface area contributed by atoms with Gasteiger partial charge in [0, 0.05) is 30.4 Å². The van der Waals surface area contributed by atoms with Gasteiger partial charge in [0.1, 0.15) is 0 Å². The van der Waals surface area contributed by atoms with Crippen LogP contribution in [-0.2, 0) is 11.2 Å². The fraction of sp³-hybridized carbons (Fsp3) is 0.235. The molecule has 1 atom stereocenters. The molecule has 0 spiro atoms. The van der Waals surface area contributed by atoms with E-state index in [9.17, 15) is 4.79 Å². The maximum absolute atomic E-state index is 11.8. The summed E-state index contributed by atoms with van der Waals surface area (Å²) in [6.07, 6.45) is 1.29. The van der Waals surface area contributed by atoms with Gasteiger partial charge in [-0.1, -0.05) is 24.3 Å². The SMILES string of the molecule is Nc1ccc(Cc2ccc(N3CC(N)CC3=O)cc2)cc1. The van der Waals surface area contributed by atoms with E-state index in [1.807, 2.05) is 36.4 Å². The summed E-state index contributed by atoms with van der Waals surface area (Å²) in [6, 6.07) is 15.9. The van der Waals surface area contributed by atoms with Gasteiger partial charge in [-0.15, -0.1) is 0 Å². The molecule has 1 fully saturated rings. The van der Waals surface area contributed by atoms with Gasteiger partial charge in [0.05, 0.1) is 0 Å². The van der Waals surface area contributed by atoms with Gasteiger partial charge in [0.2, 0.25) is 5.91 Å². The van der Waals surface area contributed by atoms with Crippen LogP contribution in [0.25, 0.3) is 0 Å². The van der Waals surface area contributed by atoms with Crippen LogP contribution in [0, 0.1) is 0 Å². The Morgan fingerprint density at radius 2 is 1.57 bits per heavy atom. The molecule has 4 N–H and O–H groups in total. The minimum atomic E-state index is -0.0491. The lowest BCUT2D eigenvalue weighted by Gasteiger charge is -2.16. The topological polar surface area (TPSA) is 72.3 Å². The van der Waals surface area contributed by atoms with Crippen LogP contribution in [0.2, 0.25) is 0 Å². The van der Waals surface area contributed by atoms with Crippen molar-refractivity contribution in [2.24, 2.45) is 5.73 Å². The number of rotatable bonds is 3. The molecule has 2 aromatic carbocycles. The van der Waals surface area contributed by atoms with Crippen LogP contribution in [0.3, 0.4) is 0 Å². The fourth-order valence-electron chi connectivity index (χ4n) is 2.65. The van der Waals surface area contributed by atoms with E-state index in [4.69, 9.17) is 11.5 Å². The molecule has 2 aromatic rings. The second kappa shape index (κ2) is 5.58. The normalized spacial score (nSPS) is 18.2. The average Bonchev–Trinajstić information content (AvgIpc) is 2.81. The highest BCUT2D eigenvalue weighted by molar-refractivity contribution is 5.96. The molecule has 4 heteroatoms. The Balaban J connectivity index is 1.72. The Kier molecular flexibility index (Phi) is 3.62. The van der Waals surface area contributed by atoms with Gasteiger partial charge >= 0.3 is 0 Å². The first kappa shape index (κ1) is 13.6. The average molecular weight is 281 g/mol. The summed E-state index contributed by atoms with van der Waals surface area (Å²) in [4.78, 5) is 13.6. The first-order valence-corrected chi connectivity index (χ1v) is 7.11. The van der Waals surface area contributed by atoms with Gasteiger partial charge in [0.25, 0.3) is 0 Å². The lowest BCUT2D eigenvalue weighted by atomic mass is 10.0. The lowest BCUT2D eigenvalue weighted by Crippen LogP contribution is -2.27. The number of hydrogen-bond acceptors (Lipinski definition) is 3. The number of nitrogens with zero attached hydrogens (tertiary/aromatic N) is 1. The molecule has 108 valence electrons. The van der Waals surface area contributed by atoms with Gasteiger partial charge in [-0.25, -0.2) is 0 Å². The molecule has 0 bridgehead atoms. The third kappa shape index (κ3) is 3.06. The molecule has 1 aliphatic heterocycles. The van der Waals surface area contributed by atoms with Crippen molar-refractivity contribution in [1.82, 2.24) is 0 Å². The fourth-order valence-corrected chi connectivity index (χ4v) is 2.65. The standard InChI is InChI=1S/C17H19N3O/c18-14-5-1-12(2-6-14)9-13-3-7-16(8-4-13)20-11-15(19)10-17(20)21/h1-8,15H,9-11,18-19H2. The molecule has 1 aliphatic rings. The predicted molar refractivity (Wildman–Crippen MR) is 85.0 cm³/mol. The molecule has 0 saturated carbocycles. The van der Waals surface area contributed by atoms with E-state index in [0.717, 1.165) is 17.8 Å². The summed E-state index contributed by atoms with van der Waals surface area (Å²) in [5.41, 5.74) is 15.6. The van der Waals surface area contributed by atoms with E-state index >= 15 is 0 Å². The van der Waals surface area contributed by atoms with E-state index in [2.05, 4.69) is 12.1 Å². The molecule has 3 rings (SSSR count). The van der Waals surface area contributed by atoms with Crippen molar-refractivity contribution in [2.75, 3.05) is 17.2 Å². The molecular weight excluding hydrogens is 262 g/mol. The largest absolute Gasteiger partial charge is 0.399 e. The summed E-state index contributed by atoms with van der Waals surface area (Å²) in [7, 11) is 0. The van der Waals surface area contributed by atoms with Crippen molar-refractivity contribution >= 4 is 17.3 Å². The minimum absolute atomic E-state index is 0.0491. The van der Waals surface area contributed by atoms with Crippen LogP contribution < -0.4 is 16.4 Å². The van der Waals surface area contributed by atoms with Crippen LogP contribution in [-0.4, -0.2) is 18.5 Å². The van der Waals surface area contributed by atoms with Crippen LogP contribution >= 0.6 is 0 Å². The van der Waals surface area contributed by atoms with Crippen LogP contribution in [0.1, 0.15) is 17.5 Å². The zero-order chi connectivity index (χ0) is 14.8. The third-order valence-corrected chi connectivity index (χ3v) is 3.79. The van der Waals surface area contributed by atoms with E-state index in [-0.39, 0.29) is 11.9 Å². The second-order valence-corrected chi connectivity index (χ2v) is 5.55. The van der Waals surface area contributed by atoms with Crippen molar-refractivity contribution in [3.63, 3.8) is 0 Å². The first-order valence-electron chi connectivity index (χ1n) is 7.11. The number of benzene rings is 2. The first-order chi connectivity index (χ1) is 10.1. The van der Waals surface area contributed by atoms with Crippen molar-refractivity contribution in [2.45, 2.75) is 18.9 Å². The van der Waals surface area contributed by atoms with Crippen molar-refractivity contribution < 1.29 is 4.79 Å². The monoisotopic (exact) mass is 281 g/mol. The van der Waals surface area contributed by atoms with Gasteiger partial charge in [-0.3, -0.25) is 4.79 Å². The molecule has 0 radical (unpaired) electrons. The molecular formula is C17H19N3O. The summed E-state index contributed by atoms with van der Waals surface area (Å²) in [6.45, 7) is 0.607. The Morgan fingerprint density at radius 3 is 2.10 bits per heavy atom. The summed E-state index contributed by atoms with van der Waals surface area (Å²) >= 11 is 0. The van der Waals surface area contributed by atoms with E-state index < -0.39 is 0 Å². The van der Waals surface area contributed by atoms with E-state index in [1.54, 1.807) is 4.90 Å². The van der Waals surface area contributed by atoms with Gasteiger partial charge in [-0.05, 0) is 41.8 Å². The van der Waals surface area contributed by atoms with E-state index in [1.165, 1.54) is 11.1 Å². The van der Waals surface area contributed by atoms with Gasteiger partial charge in [-0.2, -0.15) is 0 Å². The molecule has 21 heavy (non-hydrogen) atoms. The Morgan fingerprint density at radius 1 is 1.00 bits per heavy atom. The van der Waals surface area contributed by atoms with Crippen molar-refractivity contribution in [1.29, 1.82) is 0 Å². The van der Waals surface area contributed by atoms with Crippen molar-refractivity contribution in [3.8, 4) is 0 Å². The number of nitrogens with two attached hydrogens (primary N) is 2. The smallest absolute Gasteiger partial charge is 0.228 e. The van der Waals surface area contributed by atoms with E-state index in [0.29, 0.717) is 13.0 Å². The maximum atomic E-state index is 11.8. The molecule has 1 heterocycles. The highest BCUT2D eigenvalue weighted by Gasteiger charge is 2.27. The number of anilines is 2. The number of amides is 1.